The van der Waals surface area contributed by atoms with Gasteiger partial charge >= 0.3 is 0 Å². The van der Waals surface area contributed by atoms with Gasteiger partial charge in [0.2, 0.25) is 10.0 Å². The Morgan fingerprint density at radius 3 is 2.14 bits per heavy atom. The fourth-order valence-corrected chi connectivity index (χ4v) is 6.43. The molecule has 0 aliphatic heterocycles. The minimum atomic E-state index is -4.06. The SMILES string of the molecule is CCN(CC)S(=O)(=O)c1ccc(NC(=O)c2ccc(Cl)c(S(=O)(=O)Nc3cccc(C)c3)c2)cc1. The van der Waals surface area contributed by atoms with Crippen LogP contribution in [0, 0.1) is 6.92 Å². The van der Waals surface area contributed by atoms with Crippen LogP contribution in [0.5, 0.6) is 0 Å². The molecule has 0 aliphatic carbocycles. The van der Waals surface area contributed by atoms with E-state index >= 15 is 0 Å². The number of anilines is 2. The standard InChI is InChI=1S/C24H26ClN3O5S2/c1-4-28(5-2)35(32,33)21-12-10-19(11-13-21)26-24(29)18-9-14-22(25)23(16-18)34(30,31)27-20-8-6-7-17(3)15-20/h6-16,27H,4-5H2,1-3H3,(H,26,29). The van der Waals surface area contributed by atoms with Crippen molar-refractivity contribution in [3.63, 3.8) is 0 Å². The fourth-order valence-electron chi connectivity index (χ4n) is 3.40. The van der Waals surface area contributed by atoms with Gasteiger partial charge in [-0.3, -0.25) is 9.52 Å². The van der Waals surface area contributed by atoms with Crippen LogP contribution in [-0.4, -0.2) is 40.1 Å². The minimum Gasteiger partial charge on any atom is -0.322 e. The number of benzene rings is 3. The maximum absolute atomic E-state index is 12.9. The zero-order chi connectivity index (χ0) is 25.8. The van der Waals surface area contributed by atoms with Crippen LogP contribution in [0.15, 0.2) is 76.5 Å². The van der Waals surface area contributed by atoms with Gasteiger partial charge in [-0.2, -0.15) is 4.31 Å². The van der Waals surface area contributed by atoms with E-state index in [1.165, 1.54) is 46.8 Å². The molecule has 0 fully saturated rings. The van der Waals surface area contributed by atoms with Crippen molar-refractivity contribution in [3.05, 3.63) is 82.9 Å². The summed E-state index contributed by atoms with van der Waals surface area (Å²) in [5.74, 6) is -0.576. The van der Waals surface area contributed by atoms with Crippen LogP contribution in [0.25, 0.3) is 0 Å². The van der Waals surface area contributed by atoms with Gasteiger partial charge in [-0.05, 0) is 67.1 Å². The van der Waals surface area contributed by atoms with Gasteiger partial charge in [0.1, 0.15) is 4.90 Å². The third kappa shape index (κ3) is 6.21. The first-order valence-electron chi connectivity index (χ1n) is 10.8. The number of nitrogens with zero attached hydrogens (tertiary/aromatic N) is 1. The van der Waals surface area contributed by atoms with Gasteiger partial charge < -0.3 is 5.32 Å². The van der Waals surface area contributed by atoms with Gasteiger partial charge in [0.05, 0.1) is 9.92 Å². The molecule has 186 valence electrons. The number of halogens is 1. The molecule has 8 nitrogen and oxygen atoms in total. The van der Waals surface area contributed by atoms with E-state index in [1.807, 2.05) is 13.0 Å². The Hall–Kier alpha value is -2.92. The van der Waals surface area contributed by atoms with Crippen molar-refractivity contribution >= 4 is 48.9 Å². The third-order valence-electron chi connectivity index (χ3n) is 5.21. The Kier molecular flexibility index (Phi) is 8.22. The molecule has 0 spiro atoms. The first-order valence-corrected chi connectivity index (χ1v) is 14.1. The van der Waals surface area contributed by atoms with Crippen LogP contribution < -0.4 is 10.0 Å². The van der Waals surface area contributed by atoms with Gasteiger partial charge in [-0.1, -0.05) is 37.6 Å². The molecule has 0 saturated heterocycles. The van der Waals surface area contributed by atoms with E-state index in [-0.39, 0.29) is 20.4 Å². The molecular formula is C24H26ClN3O5S2. The number of sulfonamides is 2. The number of amides is 1. The molecule has 0 radical (unpaired) electrons. The normalized spacial score (nSPS) is 11.9. The second-order valence-corrected chi connectivity index (χ2v) is 11.7. The van der Waals surface area contributed by atoms with E-state index in [0.29, 0.717) is 24.5 Å². The molecule has 0 bridgehead atoms. The predicted octanol–water partition coefficient (Wildman–Crippen LogP) is 4.73. The zero-order valence-electron chi connectivity index (χ0n) is 19.4. The number of hydrogen-bond acceptors (Lipinski definition) is 5. The fraction of sp³-hybridized carbons (Fsp3) is 0.208. The molecule has 0 atom stereocenters. The molecule has 1 amide bonds. The molecule has 3 rings (SSSR count). The molecule has 0 unspecified atom stereocenters. The Morgan fingerprint density at radius 1 is 0.886 bits per heavy atom. The van der Waals surface area contributed by atoms with Crippen molar-refractivity contribution < 1.29 is 21.6 Å². The number of aryl methyl sites for hydroxylation is 1. The van der Waals surface area contributed by atoms with Crippen LogP contribution in [0.2, 0.25) is 5.02 Å². The summed E-state index contributed by atoms with van der Waals surface area (Å²) >= 11 is 6.14. The largest absolute Gasteiger partial charge is 0.322 e. The molecule has 0 aromatic heterocycles. The number of nitrogens with one attached hydrogen (secondary N) is 2. The quantitative estimate of drug-likeness (QED) is 0.411. The molecule has 0 saturated carbocycles. The van der Waals surface area contributed by atoms with Crippen LogP contribution in [-0.2, 0) is 20.0 Å². The molecule has 35 heavy (non-hydrogen) atoms. The highest BCUT2D eigenvalue weighted by atomic mass is 35.5. The lowest BCUT2D eigenvalue weighted by molar-refractivity contribution is 0.102. The summed E-state index contributed by atoms with van der Waals surface area (Å²) in [5, 5.41) is 2.61. The average molecular weight is 536 g/mol. The van der Waals surface area contributed by atoms with Crippen molar-refractivity contribution in [2.45, 2.75) is 30.6 Å². The third-order valence-corrected chi connectivity index (χ3v) is 9.14. The maximum Gasteiger partial charge on any atom is 0.263 e. The topological polar surface area (TPSA) is 113 Å². The van der Waals surface area contributed by atoms with Crippen LogP contribution in [0.4, 0.5) is 11.4 Å². The summed E-state index contributed by atoms with van der Waals surface area (Å²) in [5.41, 5.74) is 1.67. The Labute approximate surface area is 211 Å². The van der Waals surface area contributed by atoms with E-state index in [0.717, 1.165) is 5.56 Å². The molecule has 2 N–H and O–H groups in total. The van der Waals surface area contributed by atoms with Crippen molar-refractivity contribution in [1.82, 2.24) is 4.31 Å². The van der Waals surface area contributed by atoms with E-state index < -0.39 is 26.0 Å². The maximum atomic E-state index is 12.9. The second-order valence-electron chi connectivity index (χ2n) is 7.69. The first-order chi connectivity index (χ1) is 16.5. The van der Waals surface area contributed by atoms with Crippen LogP contribution in [0.1, 0.15) is 29.8 Å². The monoisotopic (exact) mass is 535 g/mol. The van der Waals surface area contributed by atoms with Gasteiger partial charge in [0, 0.05) is 30.0 Å². The molecular weight excluding hydrogens is 510 g/mol. The predicted molar refractivity (Wildman–Crippen MR) is 138 cm³/mol. The van der Waals surface area contributed by atoms with Crippen molar-refractivity contribution in [1.29, 1.82) is 0 Å². The van der Waals surface area contributed by atoms with E-state index in [9.17, 15) is 21.6 Å². The summed E-state index contributed by atoms with van der Waals surface area (Å²) in [4.78, 5) is 12.7. The molecule has 0 heterocycles. The van der Waals surface area contributed by atoms with Crippen molar-refractivity contribution in [3.8, 4) is 0 Å². The Balaban J connectivity index is 1.81. The highest BCUT2D eigenvalue weighted by Crippen LogP contribution is 2.26. The van der Waals surface area contributed by atoms with E-state index in [4.69, 9.17) is 11.6 Å². The zero-order valence-corrected chi connectivity index (χ0v) is 21.8. The second kappa shape index (κ2) is 10.8. The number of hydrogen-bond donors (Lipinski definition) is 2. The minimum absolute atomic E-state index is 0.0346. The van der Waals surface area contributed by atoms with Gasteiger partial charge in [-0.15, -0.1) is 0 Å². The van der Waals surface area contributed by atoms with Crippen LogP contribution in [0.3, 0.4) is 0 Å². The number of carbonyl (C=O) groups excluding carboxylic acids is 1. The number of carbonyl (C=O) groups is 1. The molecule has 11 heteroatoms. The van der Waals surface area contributed by atoms with Gasteiger partial charge in [-0.25, -0.2) is 16.8 Å². The summed E-state index contributed by atoms with van der Waals surface area (Å²) < 4.78 is 54.9. The summed E-state index contributed by atoms with van der Waals surface area (Å²) in [6.07, 6.45) is 0. The number of rotatable bonds is 9. The summed E-state index contributed by atoms with van der Waals surface area (Å²) in [6.45, 7) is 6.04. The smallest absolute Gasteiger partial charge is 0.263 e. The molecule has 0 aliphatic rings. The van der Waals surface area contributed by atoms with E-state index in [2.05, 4.69) is 10.0 Å². The Bertz CT molecular complexity index is 1440. The van der Waals surface area contributed by atoms with E-state index in [1.54, 1.807) is 32.0 Å². The highest BCUT2D eigenvalue weighted by Gasteiger charge is 2.22. The van der Waals surface area contributed by atoms with Gasteiger partial charge in [0.15, 0.2) is 0 Å². The molecule has 3 aromatic carbocycles. The van der Waals surface area contributed by atoms with Gasteiger partial charge in [0.25, 0.3) is 15.9 Å². The lowest BCUT2D eigenvalue weighted by Crippen LogP contribution is -2.30. The molecule has 3 aromatic rings. The highest BCUT2D eigenvalue weighted by molar-refractivity contribution is 7.92. The lowest BCUT2D eigenvalue weighted by Gasteiger charge is -2.18. The Morgan fingerprint density at radius 2 is 1.54 bits per heavy atom. The first kappa shape index (κ1) is 26.7. The van der Waals surface area contributed by atoms with Crippen LogP contribution >= 0.6 is 11.6 Å². The lowest BCUT2D eigenvalue weighted by atomic mass is 10.2. The average Bonchev–Trinajstić information content (AvgIpc) is 2.80. The van der Waals surface area contributed by atoms with Crippen molar-refractivity contribution in [2.24, 2.45) is 0 Å². The summed E-state index contributed by atoms with van der Waals surface area (Å²) in [7, 11) is -7.68. The summed E-state index contributed by atoms with van der Waals surface area (Å²) in [6, 6.07) is 16.5. The van der Waals surface area contributed by atoms with Crippen molar-refractivity contribution in [2.75, 3.05) is 23.1 Å².